The number of esters is 1. The second-order valence-electron chi connectivity index (χ2n) is 9.64. The van der Waals surface area contributed by atoms with E-state index in [0.29, 0.717) is 5.69 Å². The molecule has 0 fully saturated rings. The molecule has 2 heterocycles. The summed E-state index contributed by atoms with van der Waals surface area (Å²) in [7, 11) is 0. The molecule has 4 rings (SSSR count). The Hall–Kier alpha value is -5.25. The van der Waals surface area contributed by atoms with Crippen LogP contribution in [0.25, 0.3) is 22.0 Å². The number of nitrogens with zero attached hydrogens (tertiary/aromatic N) is 1. The maximum Gasteiger partial charge on any atom is 0.330 e. The normalized spacial score (nSPS) is 12.5. The van der Waals surface area contributed by atoms with Crippen molar-refractivity contribution in [3.63, 3.8) is 0 Å². The van der Waals surface area contributed by atoms with E-state index in [9.17, 15) is 19.2 Å². The summed E-state index contributed by atoms with van der Waals surface area (Å²) in [5.41, 5.74) is 7.98. The van der Waals surface area contributed by atoms with E-state index in [2.05, 4.69) is 20.6 Å². The molecule has 2 aromatic carbocycles. The zero-order valence-electron chi connectivity index (χ0n) is 23.2. The molecule has 42 heavy (non-hydrogen) atoms. The van der Waals surface area contributed by atoms with Gasteiger partial charge in [0.05, 0.1) is 6.61 Å². The van der Waals surface area contributed by atoms with Crippen molar-refractivity contribution in [1.29, 1.82) is 0 Å². The Balaban J connectivity index is 1.54. The number of amides is 3. The van der Waals surface area contributed by atoms with Crippen LogP contribution >= 0.6 is 0 Å². The summed E-state index contributed by atoms with van der Waals surface area (Å²) < 4.78 is 4.91. The molecule has 216 valence electrons. The molecule has 0 aliphatic heterocycles. The molecule has 0 aliphatic rings. The van der Waals surface area contributed by atoms with Gasteiger partial charge in [0.15, 0.2) is 0 Å². The van der Waals surface area contributed by atoms with Crippen LogP contribution in [0.1, 0.15) is 35.8 Å². The summed E-state index contributed by atoms with van der Waals surface area (Å²) in [6, 6.07) is 18.9. The summed E-state index contributed by atoms with van der Waals surface area (Å²) in [6.45, 7) is 1.88. The van der Waals surface area contributed by atoms with E-state index < -0.39 is 35.8 Å². The minimum Gasteiger partial charge on any atom is -0.463 e. The monoisotopic (exact) mass is 567 g/mol. The maximum absolute atomic E-state index is 13.5. The number of hydrogen-bond donors (Lipinski definition) is 4. The van der Waals surface area contributed by atoms with Gasteiger partial charge in [-0.05, 0) is 36.4 Å². The number of rotatable bonds is 13. The summed E-state index contributed by atoms with van der Waals surface area (Å²) in [6.07, 6.45) is 6.53. The number of nitrogens with one attached hydrogen (secondary N) is 3. The average molecular weight is 568 g/mol. The van der Waals surface area contributed by atoms with E-state index in [1.807, 2.05) is 54.6 Å². The predicted molar refractivity (Wildman–Crippen MR) is 159 cm³/mol. The summed E-state index contributed by atoms with van der Waals surface area (Å²) in [5, 5.41) is 7.61. The number of hydrogen-bond acceptors (Lipinski definition) is 6. The van der Waals surface area contributed by atoms with E-state index in [1.165, 1.54) is 12.2 Å². The van der Waals surface area contributed by atoms with E-state index in [1.54, 1.807) is 31.5 Å². The highest BCUT2D eigenvalue weighted by Crippen LogP contribution is 2.27. The number of H-pyrrole nitrogens is 1. The number of nitrogens with two attached hydrogens (primary N) is 1. The van der Waals surface area contributed by atoms with Gasteiger partial charge in [0.1, 0.15) is 11.7 Å². The van der Waals surface area contributed by atoms with Gasteiger partial charge in [-0.2, -0.15) is 0 Å². The Labute approximate surface area is 243 Å². The minimum absolute atomic E-state index is 0.0118. The van der Waals surface area contributed by atoms with Crippen molar-refractivity contribution in [3.05, 3.63) is 103 Å². The molecule has 0 aliphatic carbocycles. The summed E-state index contributed by atoms with van der Waals surface area (Å²) in [4.78, 5) is 57.6. The lowest BCUT2D eigenvalue weighted by Gasteiger charge is -2.22. The first-order valence-electron chi connectivity index (χ1n) is 13.6. The minimum atomic E-state index is -0.960. The van der Waals surface area contributed by atoms with Crippen molar-refractivity contribution < 1.29 is 23.9 Å². The molecule has 10 nitrogen and oxygen atoms in total. The number of fused-ring (bicyclic) bond motifs is 1. The Morgan fingerprint density at radius 1 is 0.976 bits per heavy atom. The zero-order valence-corrected chi connectivity index (χ0v) is 23.2. The molecule has 5 N–H and O–H groups in total. The highest BCUT2D eigenvalue weighted by Gasteiger charge is 2.25. The predicted octanol–water partition coefficient (Wildman–Crippen LogP) is 3.44. The van der Waals surface area contributed by atoms with Crippen LogP contribution in [0.15, 0.2) is 91.3 Å². The molecule has 2 aromatic heterocycles. The zero-order chi connectivity index (χ0) is 29.9. The van der Waals surface area contributed by atoms with Crippen LogP contribution in [0.5, 0.6) is 0 Å². The molecule has 0 unspecified atom stereocenters. The van der Waals surface area contributed by atoms with E-state index in [-0.39, 0.29) is 31.6 Å². The first-order valence-corrected chi connectivity index (χ1v) is 13.6. The van der Waals surface area contributed by atoms with Gasteiger partial charge in [0.2, 0.25) is 11.8 Å². The lowest BCUT2D eigenvalue weighted by atomic mass is 10.0. The van der Waals surface area contributed by atoms with Gasteiger partial charge in [-0.15, -0.1) is 0 Å². The van der Waals surface area contributed by atoms with Gasteiger partial charge in [-0.1, -0.05) is 60.7 Å². The largest absolute Gasteiger partial charge is 0.463 e. The molecule has 0 radical (unpaired) electrons. The van der Waals surface area contributed by atoms with Crippen LogP contribution in [-0.2, 0) is 25.5 Å². The van der Waals surface area contributed by atoms with Crippen molar-refractivity contribution in [2.75, 3.05) is 6.61 Å². The fourth-order valence-electron chi connectivity index (χ4n) is 4.49. The van der Waals surface area contributed by atoms with Crippen molar-refractivity contribution in [1.82, 2.24) is 20.6 Å². The van der Waals surface area contributed by atoms with E-state index >= 15 is 0 Å². The highest BCUT2D eigenvalue weighted by molar-refractivity contribution is 5.99. The third-order valence-electron chi connectivity index (χ3n) is 6.57. The molecular formula is C32H33N5O5. The second-order valence-corrected chi connectivity index (χ2v) is 9.64. The Morgan fingerprint density at radius 2 is 1.74 bits per heavy atom. The first kappa shape index (κ1) is 29.7. The lowest BCUT2D eigenvalue weighted by Crippen LogP contribution is -2.50. The topological polar surface area (TPSA) is 156 Å². The van der Waals surface area contributed by atoms with E-state index in [4.69, 9.17) is 10.5 Å². The SMILES string of the molecule is CCOC(=O)/C=C/[C@H](CCC(N)=O)NC(=O)[C@H](Cc1ccccc1)NC(=O)c1ccc(-c2cncc3ccccc23)[nH]1. The number of benzene rings is 2. The van der Waals surface area contributed by atoms with Crippen molar-refractivity contribution >= 4 is 34.5 Å². The lowest BCUT2D eigenvalue weighted by molar-refractivity contribution is -0.137. The van der Waals surface area contributed by atoms with Gasteiger partial charge in [-0.3, -0.25) is 19.4 Å². The number of aromatic amines is 1. The number of carbonyl (C=O) groups excluding carboxylic acids is 4. The van der Waals surface area contributed by atoms with Crippen LogP contribution in [0.2, 0.25) is 0 Å². The third kappa shape index (κ3) is 8.14. The summed E-state index contributed by atoms with van der Waals surface area (Å²) >= 11 is 0. The standard InChI is InChI=1S/C32H33N5O5/c1-2-42-30(39)17-13-23(12-16-29(33)38)35-32(41)28(18-21-8-4-3-5-9-21)37-31(40)27-15-14-26(36-27)25-20-34-19-22-10-6-7-11-24(22)25/h3-11,13-15,17,19-20,23,28,36H,2,12,16,18H2,1H3,(H2,33,38)(H,35,41)(H,37,40)/b17-13+/t23-,28-/m0/s1. The second kappa shape index (κ2) is 14.4. The molecule has 4 aromatic rings. The van der Waals surface area contributed by atoms with Gasteiger partial charge >= 0.3 is 5.97 Å². The number of pyridine rings is 1. The van der Waals surface area contributed by atoms with Gasteiger partial charge < -0.3 is 26.1 Å². The van der Waals surface area contributed by atoms with Crippen molar-refractivity contribution in [2.45, 2.75) is 38.3 Å². The Morgan fingerprint density at radius 3 is 2.50 bits per heavy atom. The number of aromatic nitrogens is 2. The molecule has 10 heteroatoms. The number of primary amides is 1. The van der Waals surface area contributed by atoms with Crippen LogP contribution in [0.3, 0.4) is 0 Å². The van der Waals surface area contributed by atoms with Gasteiger partial charge in [0, 0.05) is 54.0 Å². The summed E-state index contributed by atoms with van der Waals surface area (Å²) in [5.74, 6) is -2.08. The average Bonchev–Trinajstić information content (AvgIpc) is 3.49. The quantitative estimate of drug-likeness (QED) is 0.143. The highest BCUT2D eigenvalue weighted by atomic mass is 16.5. The molecular weight excluding hydrogens is 534 g/mol. The van der Waals surface area contributed by atoms with Crippen molar-refractivity contribution in [2.24, 2.45) is 5.73 Å². The molecule has 0 saturated carbocycles. The maximum atomic E-state index is 13.5. The smallest absolute Gasteiger partial charge is 0.330 e. The molecule has 3 amide bonds. The van der Waals surface area contributed by atoms with Crippen LogP contribution in [0, 0.1) is 0 Å². The third-order valence-corrected chi connectivity index (χ3v) is 6.57. The Bertz CT molecular complexity index is 1580. The van der Waals surface area contributed by atoms with Gasteiger partial charge in [-0.25, -0.2) is 4.79 Å². The van der Waals surface area contributed by atoms with Crippen molar-refractivity contribution in [3.8, 4) is 11.3 Å². The molecule has 0 bridgehead atoms. The molecule has 0 spiro atoms. The first-order chi connectivity index (χ1) is 20.3. The fourth-order valence-corrected chi connectivity index (χ4v) is 4.49. The number of carbonyl (C=O) groups is 4. The van der Waals surface area contributed by atoms with E-state index in [0.717, 1.165) is 21.9 Å². The fraction of sp³-hybridized carbons (Fsp3) is 0.219. The van der Waals surface area contributed by atoms with Crippen LogP contribution in [-0.4, -0.2) is 52.3 Å². The Kier molecular flexibility index (Phi) is 10.2. The number of ether oxygens (including phenoxy) is 1. The molecule has 2 atom stereocenters. The van der Waals surface area contributed by atoms with Gasteiger partial charge in [0.25, 0.3) is 5.91 Å². The van der Waals surface area contributed by atoms with Crippen LogP contribution < -0.4 is 16.4 Å². The van der Waals surface area contributed by atoms with Crippen LogP contribution in [0.4, 0.5) is 0 Å². The molecule has 0 saturated heterocycles.